The second kappa shape index (κ2) is 6.55. The van der Waals surface area contributed by atoms with Crippen LogP contribution in [0.1, 0.15) is 25.3 Å². The molecule has 0 atom stereocenters. The van der Waals surface area contributed by atoms with Gasteiger partial charge in [-0.3, -0.25) is 0 Å². The number of hydrogen-bond acceptors (Lipinski definition) is 3. The lowest BCUT2D eigenvalue weighted by Gasteiger charge is -2.23. The summed E-state index contributed by atoms with van der Waals surface area (Å²) in [6, 6.07) is 16.0. The van der Waals surface area contributed by atoms with Gasteiger partial charge < -0.3 is 4.90 Å². The summed E-state index contributed by atoms with van der Waals surface area (Å²) in [7, 11) is 0. The van der Waals surface area contributed by atoms with Crippen molar-refractivity contribution in [3.63, 3.8) is 0 Å². The summed E-state index contributed by atoms with van der Waals surface area (Å²) >= 11 is 0. The Labute approximate surface area is 114 Å². The predicted octanol–water partition coefficient (Wildman–Crippen LogP) is 3.89. The summed E-state index contributed by atoms with van der Waals surface area (Å²) in [6.07, 6.45) is 3.87. The van der Waals surface area contributed by atoms with Gasteiger partial charge in [-0.05, 0) is 30.7 Å². The van der Waals surface area contributed by atoms with Crippen LogP contribution in [0.2, 0.25) is 0 Å². The number of pyridine rings is 1. The molecule has 0 unspecified atom stereocenters. The topological polar surface area (TPSA) is 39.9 Å². The van der Waals surface area contributed by atoms with E-state index in [0.717, 1.165) is 30.9 Å². The van der Waals surface area contributed by atoms with Gasteiger partial charge in [0.15, 0.2) is 0 Å². The minimum absolute atomic E-state index is 0.590. The molecular weight excluding hydrogens is 234 g/mol. The van der Waals surface area contributed by atoms with E-state index < -0.39 is 0 Å². The van der Waals surface area contributed by atoms with Gasteiger partial charge >= 0.3 is 0 Å². The highest BCUT2D eigenvalue weighted by atomic mass is 15.2. The molecule has 0 N–H and O–H groups in total. The van der Waals surface area contributed by atoms with E-state index in [9.17, 15) is 0 Å². The second-order valence-corrected chi connectivity index (χ2v) is 4.36. The molecule has 0 aliphatic rings. The largest absolute Gasteiger partial charge is 0.326 e. The molecule has 0 aliphatic carbocycles. The van der Waals surface area contributed by atoms with Gasteiger partial charge in [-0.15, -0.1) is 0 Å². The van der Waals surface area contributed by atoms with E-state index in [-0.39, 0.29) is 0 Å². The number of rotatable bonds is 5. The molecule has 3 nitrogen and oxygen atoms in total. The maximum atomic E-state index is 8.82. The van der Waals surface area contributed by atoms with Crippen molar-refractivity contribution in [1.82, 2.24) is 4.98 Å². The Kier molecular flexibility index (Phi) is 4.52. The Balaban J connectivity index is 2.29. The van der Waals surface area contributed by atoms with Gasteiger partial charge in [-0.25, -0.2) is 4.98 Å². The molecule has 0 fully saturated rings. The Bertz CT molecular complexity index is 540. The molecule has 0 saturated heterocycles. The summed E-state index contributed by atoms with van der Waals surface area (Å²) in [5.41, 5.74) is 1.72. The van der Waals surface area contributed by atoms with Gasteiger partial charge in [0.25, 0.3) is 0 Å². The monoisotopic (exact) mass is 251 g/mol. The lowest BCUT2D eigenvalue weighted by molar-refractivity contribution is 0.779. The fraction of sp³-hybridized carbons (Fsp3) is 0.250. The van der Waals surface area contributed by atoms with Crippen molar-refractivity contribution in [2.24, 2.45) is 0 Å². The molecule has 0 spiro atoms. The molecule has 0 saturated carbocycles. The fourth-order valence-electron chi connectivity index (χ4n) is 1.91. The van der Waals surface area contributed by atoms with Crippen LogP contribution < -0.4 is 4.90 Å². The van der Waals surface area contributed by atoms with Crippen molar-refractivity contribution in [3.8, 4) is 6.07 Å². The van der Waals surface area contributed by atoms with E-state index in [1.807, 2.05) is 30.3 Å². The van der Waals surface area contributed by atoms with Gasteiger partial charge in [0.05, 0.1) is 5.56 Å². The molecule has 0 amide bonds. The van der Waals surface area contributed by atoms with Crippen LogP contribution in [0.3, 0.4) is 0 Å². The van der Waals surface area contributed by atoms with E-state index in [1.54, 1.807) is 6.20 Å². The minimum atomic E-state index is 0.590. The molecule has 1 aromatic carbocycles. The van der Waals surface area contributed by atoms with Gasteiger partial charge in [-0.1, -0.05) is 31.5 Å². The van der Waals surface area contributed by atoms with Crippen LogP contribution >= 0.6 is 0 Å². The third kappa shape index (κ3) is 3.32. The molecular formula is C16H17N3. The summed E-state index contributed by atoms with van der Waals surface area (Å²) in [4.78, 5) is 6.57. The van der Waals surface area contributed by atoms with E-state index in [1.165, 1.54) is 0 Å². The Morgan fingerprint density at radius 3 is 2.53 bits per heavy atom. The predicted molar refractivity (Wildman–Crippen MR) is 77.3 cm³/mol. The lowest BCUT2D eigenvalue weighted by atomic mass is 10.2. The molecule has 3 heteroatoms. The van der Waals surface area contributed by atoms with E-state index in [0.29, 0.717) is 5.56 Å². The first kappa shape index (κ1) is 13.1. The summed E-state index contributed by atoms with van der Waals surface area (Å²) in [5.74, 6) is 0.888. The Hall–Kier alpha value is -2.34. The maximum absolute atomic E-state index is 8.82. The standard InChI is InChI=1S/C16H17N3/c1-2-3-11-19(15-7-5-4-6-8-15)16-10-9-14(12-17)13-18-16/h4-10,13H,2-3,11H2,1H3. The van der Waals surface area contributed by atoms with Crippen molar-refractivity contribution in [3.05, 3.63) is 54.2 Å². The van der Waals surface area contributed by atoms with Gasteiger partial charge in [-0.2, -0.15) is 5.26 Å². The van der Waals surface area contributed by atoms with Crippen LogP contribution in [-0.2, 0) is 0 Å². The number of para-hydroxylation sites is 1. The van der Waals surface area contributed by atoms with Gasteiger partial charge in [0.2, 0.25) is 0 Å². The summed E-state index contributed by atoms with van der Waals surface area (Å²) in [5, 5.41) is 8.82. The van der Waals surface area contributed by atoms with Crippen LogP contribution in [0.15, 0.2) is 48.7 Å². The zero-order chi connectivity index (χ0) is 13.5. The van der Waals surface area contributed by atoms with E-state index in [4.69, 9.17) is 5.26 Å². The first-order chi connectivity index (χ1) is 9.35. The first-order valence-electron chi connectivity index (χ1n) is 6.54. The zero-order valence-electron chi connectivity index (χ0n) is 11.1. The van der Waals surface area contributed by atoms with Crippen molar-refractivity contribution in [2.45, 2.75) is 19.8 Å². The Morgan fingerprint density at radius 1 is 1.16 bits per heavy atom. The fourth-order valence-corrected chi connectivity index (χ4v) is 1.91. The molecule has 1 heterocycles. The molecule has 19 heavy (non-hydrogen) atoms. The zero-order valence-corrected chi connectivity index (χ0v) is 11.1. The lowest BCUT2D eigenvalue weighted by Crippen LogP contribution is -2.19. The summed E-state index contributed by atoms with van der Waals surface area (Å²) < 4.78 is 0. The molecule has 0 bridgehead atoms. The second-order valence-electron chi connectivity index (χ2n) is 4.36. The normalized spacial score (nSPS) is 9.89. The quantitative estimate of drug-likeness (QED) is 0.809. The van der Waals surface area contributed by atoms with E-state index >= 15 is 0 Å². The van der Waals surface area contributed by atoms with E-state index in [2.05, 4.69) is 35.0 Å². The van der Waals surface area contributed by atoms with Crippen LogP contribution in [0.25, 0.3) is 0 Å². The Morgan fingerprint density at radius 2 is 1.95 bits per heavy atom. The number of unbranched alkanes of at least 4 members (excludes halogenated alkanes) is 1. The number of aromatic nitrogens is 1. The highest BCUT2D eigenvalue weighted by molar-refractivity contribution is 5.60. The van der Waals surface area contributed by atoms with Gasteiger partial charge in [0.1, 0.15) is 11.9 Å². The number of anilines is 2. The molecule has 1 aromatic heterocycles. The maximum Gasteiger partial charge on any atom is 0.132 e. The third-order valence-electron chi connectivity index (χ3n) is 2.96. The van der Waals surface area contributed by atoms with Crippen LogP contribution in [0.5, 0.6) is 0 Å². The number of benzene rings is 1. The smallest absolute Gasteiger partial charge is 0.132 e. The van der Waals surface area contributed by atoms with Crippen molar-refractivity contribution < 1.29 is 0 Å². The first-order valence-corrected chi connectivity index (χ1v) is 6.54. The van der Waals surface area contributed by atoms with Crippen molar-refractivity contribution >= 4 is 11.5 Å². The van der Waals surface area contributed by atoms with Crippen LogP contribution in [0, 0.1) is 11.3 Å². The van der Waals surface area contributed by atoms with Crippen molar-refractivity contribution in [1.29, 1.82) is 5.26 Å². The molecule has 2 aromatic rings. The third-order valence-corrected chi connectivity index (χ3v) is 2.96. The molecule has 0 radical (unpaired) electrons. The van der Waals surface area contributed by atoms with Crippen molar-refractivity contribution in [2.75, 3.05) is 11.4 Å². The van der Waals surface area contributed by atoms with Gasteiger partial charge in [0, 0.05) is 18.4 Å². The number of nitriles is 1. The average Bonchev–Trinajstić information content (AvgIpc) is 2.49. The van der Waals surface area contributed by atoms with Crippen LogP contribution in [-0.4, -0.2) is 11.5 Å². The van der Waals surface area contributed by atoms with Crippen LogP contribution in [0.4, 0.5) is 11.5 Å². The number of nitrogens with zero attached hydrogens (tertiary/aromatic N) is 3. The molecule has 96 valence electrons. The minimum Gasteiger partial charge on any atom is -0.326 e. The highest BCUT2D eigenvalue weighted by Gasteiger charge is 2.09. The number of hydrogen-bond donors (Lipinski definition) is 0. The highest BCUT2D eigenvalue weighted by Crippen LogP contribution is 2.23. The summed E-state index contributed by atoms with van der Waals surface area (Å²) in [6.45, 7) is 3.11. The average molecular weight is 251 g/mol. The SMILES string of the molecule is CCCCN(c1ccccc1)c1ccc(C#N)cn1. The molecule has 0 aliphatic heterocycles. The molecule has 2 rings (SSSR count).